The molecule has 0 aliphatic carbocycles. The first kappa shape index (κ1) is 16.3. The quantitative estimate of drug-likeness (QED) is 0.550. The molecule has 0 aliphatic heterocycles. The highest BCUT2D eigenvalue weighted by Gasteiger charge is 2.24. The predicted molar refractivity (Wildman–Crippen MR) is 68.6 cm³/mol. The number of aromatic hydroxyl groups is 1. The number of nitrogens with zero attached hydrogens (tertiary/aromatic N) is 2. The predicted octanol–water partition coefficient (Wildman–Crippen LogP) is 0.805. The minimum absolute atomic E-state index is 0.0849. The smallest absolute Gasteiger partial charge is 0.294 e. The van der Waals surface area contributed by atoms with Gasteiger partial charge in [0.25, 0.3) is 5.09 Å². The van der Waals surface area contributed by atoms with Crippen molar-refractivity contribution in [3.8, 4) is 17.2 Å². The summed E-state index contributed by atoms with van der Waals surface area (Å²) in [5.74, 6) is -0.0637. The normalized spacial score (nSPS) is 11.5. The Morgan fingerprint density at radius 2 is 1.71 bits per heavy atom. The number of nitro groups is 1. The maximum atomic E-state index is 10.9. The summed E-state index contributed by atoms with van der Waals surface area (Å²) in [4.78, 5) is 24.4. The highest BCUT2D eigenvalue weighted by atomic mass is 17.0. The van der Waals surface area contributed by atoms with Crippen LogP contribution in [0, 0.1) is 20.2 Å². The fourth-order valence-corrected chi connectivity index (χ4v) is 1.68. The number of phenolic OH excluding ortho intramolecular Hbond substituents is 1. The fraction of sp³-hybridized carbons (Fsp3) is 0.455. The van der Waals surface area contributed by atoms with E-state index in [2.05, 4.69) is 4.84 Å². The third-order valence-electron chi connectivity index (χ3n) is 2.68. The number of hydrogen-bond acceptors (Lipinski definition) is 8. The zero-order valence-corrected chi connectivity index (χ0v) is 11.3. The molecule has 21 heavy (non-hydrogen) atoms. The van der Waals surface area contributed by atoms with Crippen LogP contribution in [0.15, 0.2) is 12.1 Å². The third-order valence-corrected chi connectivity index (χ3v) is 2.68. The van der Waals surface area contributed by atoms with E-state index in [9.17, 15) is 25.3 Å². The van der Waals surface area contributed by atoms with Crippen LogP contribution in [-0.2, 0) is 11.3 Å². The van der Waals surface area contributed by atoms with Gasteiger partial charge in [-0.15, -0.1) is 10.1 Å². The van der Waals surface area contributed by atoms with Gasteiger partial charge in [0, 0.05) is 11.3 Å². The van der Waals surface area contributed by atoms with E-state index in [1.165, 1.54) is 26.4 Å². The summed E-state index contributed by atoms with van der Waals surface area (Å²) >= 11 is 0. The van der Waals surface area contributed by atoms with Crippen molar-refractivity contribution >= 4 is 0 Å². The van der Waals surface area contributed by atoms with Gasteiger partial charge in [-0.3, -0.25) is 10.1 Å². The second-order valence-electron chi connectivity index (χ2n) is 4.01. The molecular weight excluding hydrogens is 288 g/mol. The highest BCUT2D eigenvalue weighted by molar-refractivity contribution is 5.52. The van der Waals surface area contributed by atoms with Crippen molar-refractivity contribution in [3.05, 3.63) is 37.9 Å². The molecule has 0 bridgehead atoms. The van der Waals surface area contributed by atoms with E-state index in [4.69, 9.17) is 9.47 Å². The van der Waals surface area contributed by atoms with Crippen LogP contribution in [-0.4, -0.2) is 42.0 Å². The Morgan fingerprint density at radius 3 is 2.10 bits per heavy atom. The summed E-state index contributed by atoms with van der Waals surface area (Å²) in [6, 6.07) is 1.47. The molecule has 10 heteroatoms. The van der Waals surface area contributed by atoms with Gasteiger partial charge in [-0.1, -0.05) is 0 Å². The summed E-state index contributed by atoms with van der Waals surface area (Å²) in [6.45, 7) is -0.675. The summed E-state index contributed by atoms with van der Waals surface area (Å²) in [6.07, 6.45) is -0.145. The molecule has 1 rings (SSSR count). The lowest BCUT2D eigenvalue weighted by atomic mass is 10.1. The first-order valence-corrected chi connectivity index (χ1v) is 5.73. The van der Waals surface area contributed by atoms with E-state index < -0.39 is 22.7 Å². The molecular formula is C11H14N2O8. The number of methoxy groups -OCH3 is 2. The average Bonchev–Trinajstić information content (AvgIpc) is 2.44. The molecule has 1 aromatic carbocycles. The number of rotatable bonds is 8. The van der Waals surface area contributed by atoms with Crippen LogP contribution in [0.3, 0.4) is 0 Å². The van der Waals surface area contributed by atoms with Gasteiger partial charge in [0.05, 0.1) is 14.2 Å². The van der Waals surface area contributed by atoms with Gasteiger partial charge in [0.15, 0.2) is 18.1 Å². The Kier molecular flexibility index (Phi) is 5.52. The maximum absolute atomic E-state index is 10.9. The van der Waals surface area contributed by atoms with Crippen LogP contribution in [0.4, 0.5) is 0 Å². The van der Waals surface area contributed by atoms with E-state index in [0.717, 1.165) is 0 Å². The molecule has 1 unspecified atom stereocenters. The van der Waals surface area contributed by atoms with Gasteiger partial charge in [0.2, 0.25) is 11.8 Å². The molecule has 0 saturated heterocycles. The van der Waals surface area contributed by atoms with E-state index in [1.54, 1.807) is 0 Å². The zero-order chi connectivity index (χ0) is 16.0. The average molecular weight is 302 g/mol. The summed E-state index contributed by atoms with van der Waals surface area (Å²) < 4.78 is 9.86. The van der Waals surface area contributed by atoms with Gasteiger partial charge in [-0.25, -0.2) is 0 Å². The number of phenols is 1. The Hall–Kier alpha value is -2.78. The van der Waals surface area contributed by atoms with Crippen molar-refractivity contribution in [2.24, 2.45) is 0 Å². The van der Waals surface area contributed by atoms with Gasteiger partial charge in [0.1, 0.15) is 0 Å². The van der Waals surface area contributed by atoms with Crippen LogP contribution in [0.25, 0.3) is 0 Å². The first-order chi connectivity index (χ1) is 9.88. The molecule has 0 radical (unpaired) electrons. The maximum Gasteiger partial charge on any atom is 0.294 e. The van der Waals surface area contributed by atoms with Gasteiger partial charge in [-0.2, -0.15) is 0 Å². The van der Waals surface area contributed by atoms with Crippen molar-refractivity contribution in [3.63, 3.8) is 0 Å². The van der Waals surface area contributed by atoms with E-state index in [1.807, 2.05) is 0 Å². The lowest BCUT2D eigenvalue weighted by molar-refractivity contribution is -0.765. The first-order valence-electron chi connectivity index (χ1n) is 5.73. The lowest BCUT2D eigenvalue weighted by Crippen LogP contribution is -2.29. The lowest BCUT2D eigenvalue weighted by Gasteiger charge is -2.13. The molecule has 1 atom stereocenters. The molecule has 0 spiro atoms. The number of benzene rings is 1. The van der Waals surface area contributed by atoms with Crippen molar-refractivity contribution in [1.82, 2.24) is 0 Å². The standard InChI is InChI=1S/C11H14N2O8/c1-19-9-4-7(5-10(20-2)11(9)14)3-8(12(15)16)6-21-13(17)18/h4-5,8,14H,3,6H2,1-2H3. The molecule has 10 nitrogen and oxygen atoms in total. The largest absolute Gasteiger partial charge is 0.502 e. The van der Waals surface area contributed by atoms with Crippen molar-refractivity contribution in [1.29, 1.82) is 0 Å². The molecule has 1 N–H and O–H groups in total. The highest BCUT2D eigenvalue weighted by Crippen LogP contribution is 2.37. The summed E-state index contributed by atoms with van der Waals surface area (Å²) in [5, 5.41) is 29.6. The van der Waals surface area contributed by atoms with Crippen LogP contribution >= 0.6 is 0 Å². The van der Waals surface area contributed by atoms with E-state index in [-0.39, 0.29) is 23.7 Å². The van der Waals surface area contributed by atoms with Crippen LogP contribution in [0.5, 0.6) is 17.2 Å². The molecule has 0 fully saturated rings. The minimum atomic E-state index is -1.31. The second-order valence-corrected chi connectivity index (χ2v) is 4.01. The number of hydrogen-bond donors (Lipinski definition) is 1. The summed E-state index contributed by atoms with van der Waals surface area (Å²) in [5.41, 5.74) is 0.412. The van der Waals surface area contributed by atoms with E-state index in [0.29, 0.717) is 5.56 Å². The van der Waals surface area contributed by atoms with Crippen LogP contribution < -0.4 is 9.47 Å². The summed E-state index contributed by atoms with van der Waals surface area (Å²) in [7, 11) is 2.64. The molecule has 0 saturated carbocycles. The van der Waals surface area contributed by atoms with Crippen LogP contribution in [0.2, 0.25) is 0 Å². The molecule has 0 amide bonds. The zero-order valence-electron chi connectivity index (χ0n) is 11.3. The van der Waals surface area contributed by atoms with E-state index >= 15 is 0 Å². The molecule has 0 heterocycles. The third kappa shape index (κ3) is 4.37. The monoisotopic (exact) mass is 302 g/mol. The van der Waals surface area contributed by atoms with Crippen molar-refractivity contribution in [2.45, 2.75) is 12.5 Å². The molecule has 116 valence electrons. The van der Waals surface area contributed by atoms with Crippen LogP contribution in [0.1, 0.15) is 5.56 Å². The Bertz CT molecular complexity index is 508. The SMILES string of the molecule is COc1cc(CC(CO[N+](=O)[O-])[N+](=O)[O-])cc(OC)c1O. The van der Waals surface area contributed by atoms with Gasteiger partial charge in [-0.05, 0) is 17.7 Å². The minimum Gasteiger partial charge on any atom is -0.502 e. The Morgan fingerprint density at radius 1 is 1.19 bits per heavy atom. The second kappa shape index (κ2) is 7.12. The van der Waals surface area contributed by atoms with Gasteiger partial charge >= 0.3 is 0 Å². The molecule has 1 aromatic rings. The van der Waals surface area contributed by atoms with Crippen molar-refractivity contribution < 1.29 is 29.4 Å². The molecule has 0 aromatic heterocycles. The van der Waals surface area contributed by atoms with Gasteiger partial charge < -0.3 is 19.4 Å². The topological polar surface area (TPSA) is 134 Å². The number of ether oxygens (including phenoxy) is 2. The fourth-order valence-electron chi connectivity index (χ4n) is 1.68. The Labute approximate surface area is 119 Å². The van der Waals surface area contributed by atoms with Crippen molar-refractivity contribution in [2.75, 3.05) is 20.8 Å². The Balaban J connectivity index is 2.97. The molecule has 0 aliphatic rings.